The largest absolute Gasteiger partial charge is 0.383 e. The number of rotatable bonds is 8. The molecule has 1 aliphatic heterocycles. The minimum atomic E-state index is -0.234. The van der Waals surface area contributed by atoms with Crippen LogP contribution in [0.15, 0.2) is 18.7 Å². The van der Waals surface area contributed by atoms with Crippen molar-refractivity contribution in [1.29, 1.82) is 0 Å². The molecule has 1 fully saturated rings. The number of nitrogens with zero attached hydrogens (tertiary/aromatic N) is 3. The number of hydrogen-bond donors (Lipinski definition) is 1. The van der Waals surface area contributed by atoms with E-state index in [0.717, 1.165) is 13.0 Å². The minimum absolute atomic E-state index is 0.0330. The number of carbonyl (C=O) groups excluding carboxylic acids is 2. The molecule has 0 bridgehead atoms. The number of aromatic nitrogens is 2. The van der Waals surface area contributed by atoms with Crippen molar-refractivity contribution in [2.75, 3.05) is 33.4 Å². The Hall–Kier alpha value is -1.89. The summed E-state index contributed by atoms with van der Waals surface area (Å²) in [6.07, 6.45) is 6.53. The zero-order valence-corrected chi connectivity index (χ0v) is 12.3. The molecule has 1 saturated heterocycles. The molecule has 2 rings (SSSR count). The molecule has 0 spiro atoms. The molecule has 2 amide bonds. The first-order valence-electron chi connectivity index (χ1n) is 7.21. The van der Waals surface area contributed by atoms with E-state index in [1.807, 2.05) is 10.8 Å². The predicted octanol–water partition coefficient (Wildman–Crippen LogP) is -0.116. The van der Waals surface area contributed by atoms with E-state index < -0.39 is 0 Å². The number of nitrogens with one attached hydrogen (secondary N) is 1. The molecular weight excluding hydrogens is 272 g/mol. The van der Waals surface area contributed by atoms with E-state index in [2.05, 4.69) is 10.3 Å². The first kappa shape index (κ1) is 15.5. The molecule has 1 aromatic rings. The summed E-state index contributed by atoms with van der Waals surface area (Å²) in [6, 6.07) is 0. The van der Waals surface area contributed by atoms with Gasteiger partial charge in [0.15, 0.2) is 0 Å². The van der Waals surface area contributed by atoms with Gasteiger partial charge in [0.1, 0.15) is 0 Å². The second-order valence-electron chi connectivity index (χ2n) is 5.18. The second kappa shape index (κ2) is 7.78. The molecule has 0 saturated carbocycles. The summed E-state index contributed by atoms with van der Waals surface area (Å²) < 4.78 is 6.93. The van der Waals surface area contributed by atoms with E-state index >= 15 is 0 Å². The lowest BCUT2D eigenvalue weighted by Crippen LogP contribution is -2.34. The highest BCUT2D eigenvalue weighted by Crippen LogP contribution is 2.17. The lowest BCUT2D eigenvalue weighted by atomic mass is 10.1. The van der Waals surface area contributed by atoms with Gasteiger partial charge in [-0.1, -0.05) is 0 Å². The number of imidazole rings is 1. The van der Waals surface area contributed by atoms with Crippen molar-refractivity contribution in [3.63, 3.8) is 0 Å². The number of ether oxygens (including phenoxy) is 1. The number of likely N-dealkylation sites (tertiary alicyclic amines) is 1. The Morgan fingerprint density at radius 2 is 2.38 bits per heavy atom. The summed E-state index contributed by atoms with van der Waals surface area (Å²) >= 11 is 0. The number of aryl methyl sites for hydroxylation is 1. The Bertz CT molecular complexity index is 461. The molecule has 1 atom stereocenters. The molecule has 21 heavy (non-hydrogen) atoms. The summed E-state index contributed by atoms with van der Waals surface area (Å²) in [7, 11) is 1.60. The molecule has 1 N–H and O–H groups in total. The topological polar surface area (TPSA) is 76.5 Å². The first-order chi connectivity index (χ1) is 10.2. The van der Waals surface area contributed by atoms with Gasteiger partial charge in [-0.05, 0) is 6.42 Å². The zero-order valence-electron chi connectivity index (χ0n) is 12.3. The smallest absolute Gasteiger partial charge is 0.225 e. The van der Waals surface area contributed by atoms with Gasteiger partial charge in [-0.15, -0.1) is 0 Å². The van der Waals surface area contributed by atoms with E-state index in [4.69, 9.17) is 4.74 Å². The van der Waals surface area contributed by atoms with Crippen LogP contribution in [0.5, 0.6) is 0 Å². The van der Waals surface area contributed by atoms with Gasteiger partial charge >= 0.3 is 0 Å². The average Bonchev–Trinajstić information content (AvgIpc) is 3.11. The Labute approximate surface area is 124 Å². The normalized spacial score (nSPS) is 18.2. The highest BCUT2D eigenvalue weighted by atomic mass is 16.5. The number of hydrogen-bond acceptors (Lipinski definition) is 4. The van der Waals surface area contributed by atoms with Crippen molar-refractivity contribution in [2.24, 2.45) is 5.92 Å². The molecule has 0 aliphatic carbocycles. The Morgan fingerprint density at radius 1 is 1.52 bits per heavy atom. The highest BCUT2D eigenvalue weighted by molar-refractivity contribution is 5.89. The van der Waals surface area contributed by atoms with E-state index in [9.17, 15) is 9.59 Å². The fraction of sp³-hybridized carbons (Fsp3) is 0.643. The fourth-order valence-electron chi connectivity index (χ4n) is 2.40. The highest BCUT2D eigenvalue weighted by Gasteiger charge is 2.33. The molecule has 1 aromatic heterocycles. The number of carbonyl (C=O) groups is 2. The first-order valence-corrected chi connectivity index (χ1v) is 7.21. The summed E-state index contributed by atoms with van der Waals surface area (Å²) in [4.78, 5) is 29.4. The van der Waals surface area contributed by atoms with Crippen molar-refractivity contribution in [3.05, 3.63) is 18.7 Å². The third-order valence-corrected chi connectivity index (χ3v) is 3.60. The van der Waals surface area contributed by atoms with E-state index in [-0.39, 0.29) is 17.7 Å². The van der Waals surface area contributed by atoms with Crippen LogP contribution >= 0.6 is 0 Å². The second-order valence-corrected chi connectivity index (χ2v) is 5.18. The lowest BCUT2D eigenvalue weighted by Gasteiger charge is -2.15. The number of amides is 2. The van der Waals surface area contributed by atoms with Crippen LogP contribution in [0.1, 0.15) is 12.8 Å². The zero-order chi connectivity index (χ0) is 15.1. The maximum Gasteiger partial charge on any atom is 0.225 e. The van der Waals surface area contributed by atoms with Crippen LogP contribution < -0.4 is 5.32 Å². The van der Waals surface area contributed by atoms with Gasteiger partial charge in [-0.25, -0.2) is 4.98 Å². The van der Waals surface area contributed by atoms with Crippen LogP contribution in [0.2, 0.25) is 0 Å². The molecule has 2 heterocycles. The molecule has 0 aromatic carbocycles. The van der Waals surface area contributed by atoms with Gasteiger partial charge in [0.2, 0.25) is 11.8 Å². The van der Waals surface area contributed by atoms with Crippen LogP contribution in [-0.4, -0.2) is 59.6 Å². The summed E-state index contributed by atoms with van der Waals surface area (Å²) in [5.41, 5.74) is 0. The monoisotopic (exact) mass is 294 g/mol. The van der Waals surface area contributed by atoms with Gasteiger partial charge < -0.3 is 19.5 Å². The summed E-state index contributed by atoms with van der Waals surface area (Å²) in [6.45, 7) is 2.99. The molecule has 1 aliphatic rings. The van der Waals surface area contributed by atoms with Crippen molar-refractivity contribution >= 4 is 11.8 Å². The van der Waals surface area contributed by atoms with Crippen LogP contribution in [0.25, 0.3) is 0 Å². The van der Waals surface area contributed by atoms with Crippen LogP contribution in [0.3, 0.4) is 0 Å². The van der Waals surface area contributed by atoms with Crippen LogP contribution in [0, 0.1) is 5.92 Å². The van der Waals surface area contributed by atoms with Crippen LogP contribution in [0.4, 0.5) is 0 Å². The van der Waals surface area contributed by atoms with Crippen molar-refractivity contribution in [1.82, 2.24) is 19.8 Å². The molecule has 0 radical (unpaired) electrons. The van der Waals surface area contributed by atoms with E-state index in [0.29, 0.717) is 32.7 Å². The van der Waals surface area contributed by atoms with E-state index in [1.54, 1.807) is 24.5 Å². The van der Waals surface area contributed by atoms with Crippen LogP contribution in [-0.2, 0) is 20.9 Å². The SMILES string of the molecule is COCCN1CC(C(=O)NCCCn2ccnc2)CC1=O. The van der Waals surface area contributed by atoms with Crippen molar-refractivity contribution in [3.8, 4) is 0 Å². The van der Waals surface area contributed by atoms with Gasteiger partial charge in [-0.2, -0.15) is 0 Å². The summed E-state index contributed by atoms with van der Waals surface area (Å²) in [5.74, 6) is -0.234. The third-order valence-electron chi connectivity index (χ3n) is 3.60. The maximum atomic E-state index is 12.0. The lowest BCUT2D eigenvalue weighted by molar-refractivity contribution is -0.129. The van der Waals surface area contributed by atoms with Gasteiger partial charge in [0.05, 0.1) is 18.9 Å². The molecule has 7 heteroatoms. The van der Waals surface area contributed by atoms with Gasteiger partial charge in [-0.3, -0.25) is 9.59 Å². The third kappa shape index (κ3) is 4.56. The van der Waals surface area contributed by atoms with Crippen molar-refractivity contribution in [2.45, 2.75) is 19.4 Å². The predicted molar refractivity (Wildman–Crippen MR) is 76.4 cm³/mol. The van der Waals surface area contributed by atoms with E-state index in [1.165, 1.54) is 0 Å². The molecular formula is C14H22N4O3. The van der Waals surface area contributed by atoms with Gasteiger partial charge in [0, 0.05) is 52.1 Å². The summed E-state index contributed by atoms with van der Waals surface area (Å²) in [5, 5.41) is 2.90. The maximum absolute atomic E-state index is 12.0. The fourth-order valence-corrected chi connectivity index (χ4v) is 2.40. The minimum Gasteiger partial charge on any atom is -0.383 e. The average molecular weight is 294 g/mol. The Morgan fingerprint density at radius 3 is 3.10 bits per heavy atom. The molecule has 1 unspecified atom stereocenters. The standard InChI is InChI=1S/C14H22N4O3/c1-21-8-7-18-10-12(9-13(18)19)14(20)16-3-2-5-17-6-4-15-11-17/h4,6,11-12H,2-3,5,7-10H2,1H3,(H,16,20). The molecule has 7 nitrogen and oxygen atoms in total. The number of methoxy groups -OCH3 is 1. The quantitative estimate of drug-likeness (QED) is 0.678. The van der Waals surface area contributed by atoms with Gasteiger partial charge in [0.25, 0.3) is 0 Å². The van der Waals surface area contributed by atoms with Crippen molar-refractivity contribution < 1.29 is 14.3 Å². The Kier molecular flexibility index (Phi) is 5.74. The Balaban J connectivity index is 1.65. The molecule has 116 valence electrons.